The Kier molecular flexibility index (Phi) is 9.95. The van der Waals surface area contributed by atoms with Gasteiger partial charge in [-0.2, -0.15) is 0 Å². The Balaban J connectivity index is 0.00000529. The lowest BCUT2D eigenvalue weighted by Crippen LogP contribution is -2.41. The second-order valence-electron chi connectivity index (χ2n) is 6.10. The van der Waals surface area contributed by atoms with Gasteiger partial charge in [0.2, 0.25) is 0 Å². The average molecular weight is 452 g/mol. The Morgan fingerprint density at radius 1 is 1.25 bits per heavy atom. The van der Waals surface area contributed by atoms with Crippen LogP contribution in [0.5, 0.6) is 0 Å². The molecule has 0 amide bonds. The first-order valence-corrected chi connectivity index (χ1v) is 7.93. The van der Waals surface area contributed by atoms with Crippen molar-refractivity contribution in [2.75, 3.05) is 13.6 Å². The highest BCUT2D eigenvalue weighted by Crippen LogP contribution is 2.15. The van der Waals surface area contributed by atoms with Gasteiger partial charge in [0.1, 0.15) is 17.9 Å². The number of nitrogens with zero attached hydrogens (tertiary/aromatic N) is 2. The van der Waals surface area contributed by atoms with Crippen LogP contribution in [0.1, 0.15) is 51.6 Å². The molecule has 0 radical (unpaired) electrons. The number of hydrogen-bond acceptors (Lipinski definition) is 5. The van der Waals surface area contributed by atoms with E-state index in [4.69, 9.17) is 9.26 Å². The van der Waals surface area contributed by atoms with Crippen LogP contribution in [0.15, 0.2) is 9.52 Å². The third-order valence-electron chi connectivity index (χ3n) is 3.08. The van der Waals surface area contributed by atoms with Gasteiger partial charge in [0.15, 0.2) is 5.96 Å². The van der Waals surface area contributed by atoms with Crippen LogP contribution in [0.3, 0.4) is 0 Å². The normalized spacial score (nSPS) is 11.7. The number of guanidine groups is 1. The molecule has 0 aliphatic rings. The van der Waals surface area contributed by atoms with Crippen molar-refractivity contribution in [2.45, 2.75) is 59.6 Å². The fourth-order valence-corrected chi connectivity index (χ4v) is 2.06. The first-order valence-electron chi connectivity index (χ1n) is 7.93. The average Bonchev–Trinajstić information content (AvgIpc) is 2.87. The highest BCUT2D eigenvalue weighted by molar-refractivity contribution is 14.0. The molecule has 0 aliphatic heterocycles. The van der Waals surface area contributed by atoms with Gasteiger partial charge >= 0.3 is 5.97 Å². The quantitative estimate of drug-likeness (QED) is 0.298. The molecule has 138 valence electrons. The second kappa shape index (κ2) is 10.5. The summed E-state index contributed by atoms with van der Waals surface area (Å²) in [5.41, 5.74) is 1.50. The fraction of sp³-hybridized carbons (Fsp3) is 0.688. The van der Waals surface area contributed by atoms with E-state index in [-0.39, 0.29) is 36.5 Å². The number of hydrogen-bond donors (Lipinski definition) is 2. The molecule has 1 aromatic rings. The van der Waals surface area contributed by atoms with E-state index < -0.39 is 5.60 Å². The maximum Gasteiger partial charge on any atom is 0.325 e. The number of rotatable bonds is 6. The van der Waals surface area contributed by atoms with Crippen molar-refractivity contribution in [1.82, 2.24) is 15.8 Å². The van der Waals surface area contributed by atoms with Crippen molar-refractivity contribution in [3.8, 4) is 0 Å². The molecule has 0 bridgehead atoms. The van der Waals surface area contributed by atoms with Crippen LogP contribution in [-0.4, -0.2) is 36.3 Å². The number of halogens is 1. The summed E-state index contributed by atoms with van der Waals surface area (Å²) in [5.74, 6) is 1.08. The molecule has 1 aromatic heterocycles. The molecule has 8 heteroatoms. The number of ether oxygens (including phenoxy) is 1. The van der Waals surface area contributed by atoms with Gasteiger partial charge in [-0.25, -0.2) is 0 Å². The standard InChI is InChI=1S/C16H28N4O3.HI/c1-7-12-11(13(8-2)23-20-12)9-18-15(17-6)19-10-14(21)22-16(3,4)5;/h7-10H2,1-6H3,(H2,17,18,19);1H. The van der Waals surface area contributed by atoms with Crippen molar-refractivity contribution in [1.29, 1.82) is 0 Å². The van der Waals surface area contributed by atoms with Gasteiger partial charge in [-0.3, -0.25) is 9.79 Å². The minimum atomic E-state index is -0.496. The van der Waals surface area contributed by atoms with Gasteiger partial charge in [0.25, 0.3) is 0 Å². The molecule has 0 unspecified atom stereocenters. The van der Waals surface area contributed by atoms with Crippen molar-refractivity contribution in [2.24, 2.45) is 4.99 Å². The molecular weight excluding hydrogens is 423 g/mol. The van der Waals surface area contributed by atoms with Gasteiger partial charge in [-0.05, 0) is 27.2 Å². The van der Waals surface area contributed by atoms with Gasteiger partial charge < -0.3 is 19.9 Å². The van der Waals surface area contributed by atoms with Crippen molar-refractivity contribution >= 4 is 35.9 Å². The maximum absolute atomic E-state index is 11.7. The fourth-order valence-electron chi connectivity index (χ4n) is 2.06. The molecule has 0 fully saturated rings. The molecule has 0 saturated heterocycles. The summed E-state index contributed by atoms with van der Waals surface area (Å²) >= 11 is 0. The molecule has 2 N–H and O–H groups in total. The summed E-state index contributed by atoms with van der Waals surface area (Å²) in [6.45, 7) is 10.2. The lowest BCUT2D eigenvalue weighted by Gasteiger charge is -2.20. The van der Waals surface area contributed by atoms with Gasteiger partial charge in [-0.1, -0.05) is 19.0 Å². The third kappa shape index (κ3) is 7.50. The first kappa shape index (κ1) is 22.7. The molecule has 7 nitrogen and oxygen atoms in total. The largest absolute Gasteiger partial charge is 0.459 e. The van der Waals surface area contributed by atoms with Crippen LogP contribution in [-0.2, 0) is 28.9 Å². The Morgan fingerprint density at radius 3 is 2.42 bits per heavy atom. The van der Waals surface area contributed by atoms with Crippen LogP contribution in [0.4, 0.5) is 0 Å². The Hall–Kier alpha value is -1.32. The Bertz CT molecular complexity index is 529. The number of aliphatic imine (C=N–C) groups is 1. The van der Waals surface area contributed by atoms with E-state index in [1.54, 1.807) is 7.05 Å². The second-order valence-corrected chi connectivity index (χ2v) is 6.10. The molecule has 0 saturated carbocycles. The SMILES string of the molecule is CCc1noc(CC)c1CNC(=NC)NCC(=O)OC(C)(C)C.I. The lowest BCUT2D eigenvalue weighted by atomic mass is 10.1. The van der Waals surface area contributed by atoms with Crippen LogP contribution >= 0.6 is 24.0 Å². The summed E-state index contributed by atoms with van der Waals surface area (Å²) in [7, 11) is 1.65. The molecule has 1 rings (SSSR count). The van der Waals surface area contributed by atoms with Crippen LogP contribution < -0.4 is 10.6 Å². The van der Waals surface area contributed by atoms with E-state index in [1.807, 2.05) is 34.6 Å². The maximum atomic E-state index is 11.7. The lowest BCUT2D eigenvalue weighted by molar-refractivity contribution is -0.153. The molecule has 0 spiro atoms. The predicted molar refractivity (Wildman–Crippen MR) is 105 cm³/mol. The zero-order valence-electron chi connectivity index (χ0n) is 15.4. The van der Waals surface area contributed by atoms with E-state index in [1.165, 1.54) is 0 Å². The van der Waals surface area contributed by atoms with Gasteiger partial charge in [0, 0.05) is 25.6 Å². The molecular formula is C16H29IN4O3. The van der Waals surface area contributed by atoms with Crippen molar-refractivity contribution in [3.63, 3.8) is 0 Å². The van der Waals surface area contributed by atoms with E-state index in [2.05, 4.69) is 20.8 Å². The Morgan fingerprint density at radius 2 is 1.92 bits per heavy atom. The van der Waals surface area contributed by atoms with Crippen molar-refractivity contribution in [3.05, 3.63) is 17.0 Å². The van der Waals surface area contributed by atoms with Crippen LogP contribution in [0.25, 0.3) is 0 Å². The van der Waals surface area contributed by atoms with Crippen LogP contribution in [0, 0.1) is 0 Å². The zero-order chi connectivity index (χ0) is 17.5. The summed E-state index contributed by atoms with van der Waals surface area (Å²) in [4.78, 5) is 15.8. The first-order chi connectivity index (χ1) is 10.8. The van der Waals surface area contributed by atoms with Gasteiger partial charge in [-0.15, -0.1) is 24.0 Å². The van der Waals surface area contributed by atoms with E-state index in [9.17, 15) is 4.79 Å². The van der Waals surface area contributed by atoms with Crippen molar-refractivity contribution < 1.29 is 14.1 Å². The summed E-state index contributed by atoms with van der Waals surface area (Å²) in [6.07, 6.45) is 1.60. The zero-order valence-corrected chi connectivity index (χ0v) is 17.7. The number of aromatic nitrogens is 1. The summed E-state index contributed by atoms with van der Waals surface area (Å²) < 4.78 is 10.6. The predicted octanol–water partition coefficient (Wildman–Crippen LogP) is 2.42. The smallest absolute Gasteiger partial charge is 0.325 e. The number of carbonyl (C=O) groups is 1. The molecule has 0 atom stereocenters. The topological polar surface area (TPSA) is 88.8 Å². The molecule has 1 heterocycles. The number of nitrogens with one attached hydrogen (secondary N) is 2. The number of carbonyl (C=O) groups excluding carboxylic acids is 1. The van der Waals surface area contributed by atoms with Gasteiger partial charge in [0.05, 0.1) is 5.69 Å². The van der Waals surface area contributed by atoms with E-state index in [0.29, 0.717) is 12.5 Å². The summed E-state index contributed by atoms with van der Waals surface area (Å²) in [5, 5.41) is 10.2. The summed E-state index contributed by atoms with van der Waals surface area (Å²) in [6, 6.07) is 0. The van der Waals surface area contributed by atoms with Crippen LogP contribution in [0.2, 0.25) is 0 Å². The highest BCUT2D eigenvalue weighted by atomic mass is 127. The third-order valence-corrected chi connectivity index (χ3v) is 3.08. The minimum Gasteiger partial charge on any atom is -0.459 e. The number of aryl methyl sites for hydroxylation is 2. The van der Waals surface area contributed by atoms with E-state index >= 15 is 0 Å². The molecule has 0 aliphatic carbocycles. The minimum absolute atomic E-state index is 0. The van der Waals surface area contributed by atoms with E-state index in [0.717, 1.165) is 29.9 Å². The number of esters is 1. The monoisotopic (exact) mass is 452 g/mol. The highest BCUT2D eigenvalue weighted by Gasteiger charge is 2.17. The molecule has 24 heavy (non-hydrogen) atoms. The molecule has 0 aromatic carbocycles. The Labute approximate surface area is 161 Å².